The van der Waals surface area contributed by atoms with Gasteiger partial charge in [0.15, 0.2) is 0 Å². The average molecular weight is 226 g/mol. The number of nitrogens with zero attached hydrogens (tertiary/aromatic N) is 1. The van der Waals surface area contributed by atoms with Crippen molar-refractivity contribution in [1.29, 1.82) is 0 Å². The Balaban J connectivity index is 3.63. The van der Waals surface area contributed by atoms with E-state index in [1.54, 1.807) is 14.0 Å². The fourth-order valence-corrected chi connectivity index (χ4v) is 1.07. The van der Waals surface area contributed by atoms with Crippen LogP contribution in [0.4, 0.5) is 4.79 Å². The van der Waals surface area contributed by atoms with Crippen molar-refractivity contribution in [2.24, 2.45) is 5.92 Å². The first-order chi connectivity index (χ1) is 7.49. The van der Waals surface area contributed by atoms with Crippen LogP contribution in [0, 0.1) is 18.3 Å². The van der Waals surface area contributed by atoms with Crippen LogP contribution < -0.4 is 5.32 Å². The van der Waals surface area contributed by atoms with E-state index in [0.29, 0.717) is 19.4 Å². The van der Waals surface area contributed by atoms with Gasteiger partial charge in [-0.1, -0.05) is 12.8 Å². The largest absolute Gasteiger partial charge is 0.481 e. The second-order valence-electron chi connectivity index (χ2n) is 3.67. The van der Waals surface area contributed by atoms with Crippen LogP contribution in [0.1, 0.15) is 19.8 Å². The first kappa shape index (κ1) is 14.3. The molecule has 0 aliphatic carbocycles. The molecule has 0 saturated heterocycles. The van der Waals surface area contributed by atoms with Crippen molar-refractivity contribution in [1.82, 2.24) is 10.2 Å². The Morgan fingerprint density at radius 3 is 2.69 bits per heavy atom. The van der Waals surface area contributed by atoms with E-state index < -0.39 is 5.97 Å². The Morgan fingerprint density at radius 2 is 2.19 bits per heavy atom. The lowest BCUT2D eigenvalue weighted by Crippen LogP contribution is -2.38. The third kappa shape index (κ3) is 5.91. The number of urea groups is 1. The number of carboxylic acid groups (broad SMARTS) is 1. The maximum absolute atomic E-state index is 11.3. The molecule has 0 radical (unpaired) electrons. The van der Waals surface area contributed by atoms with Crippen molar-refractivity contribution in [2.45, 2.75) is 19.8 Å². The Labute approximate surface area is 95.8 Å². The van der Waals surface area contributed by atoms with Gasteiger partial charge < -0.3 is 15.3 Å². The van der Waals surface area contributed by atoms with E-state index in [1.807, 2.05) is 0 Å². The van der Waals surface area contributed by atoms with Crippen LogP contribution in [0.2, 0.25) is 0 Å². The lowest BCUT2D eigenvalue weighted by atomic mass is 10.1. The summed E-state index contributed by atoms with van der Waals surface area (Å²) >= 11 is 0. The van der Waals surface area contributed by atoms with Crippen molar-refractivity contribution in [3.8, 4) is 12.3 Å². The Kier molecular flexibility index (Phi) is 6.77. The number of nitrogens with one attached hydrogen (secondary N) is 1. The van der Waals surface area contributed by atoms with Crippen molar-refractivity contribution in [3.63, 3.8) is 0 Å². The molecule has 0 heterocycles. The quantitative estimate of drug-likeness (QED) is 0.519. The molecule has 1 atom stereocenters. The number of carbonyl (C=O) groups excluding carboxylic acids is 1. The minimum atomic E-state index is -0.809. The Bertz CT molecular complexity index is 283. The van der Waals surface area contributed by atoms with E-state index in [2.05, 4.69) is 11.2 Å². The van der Waals surface area contributed by atoms with Crippen LogP contribution in [0.25, 0.3) is 0 Å². The van der Waals surface area contributed by atoms with Crippen LogP contribution in [0.5, 0.6) is 0 Å². The molecule has 0 spiro atoms. The number of hydrogen-bond donors (Lipinski definition) is 2. The van der Waals surface area contributed by atoms with E-state index in [0.717, 1.165) is 0 Å². The lowest BCUT2D eigenvalue weighted by Gasteiger charge is -2.15. The van der Waals surface area contributed by atoms with Crippen molar-refractivity contribution < 1.29 is 14.7 Å². The van der Waals surface area contributed by atoms with Gasteiger partial charge in [-0.2, -0.15) is 0 Å². The summed E-state index contributed by atoms with van der Waals surface area (Å²) in [6.07, 6.45) is 6.25. The van der Waals surface area contributed by atoms with Gasteiger partial charge in [-0.3, -0.25) is 4.79 Å². The molecule has 0 rings (SSSR count). The number of aliphatic carboxylic acids is 1. The first-order valence-corrected chi connectivity index (χ1v) is 5.14. The summed E-state index contributed by atoms with van der Waals surface area (Å²) in [5.41, 5.74) is 0. The molecular formula is C11H18N2O3. The number of carboxylic acids is 1. The highest BCUT2D eigenvalue weighted by atomic mass is 16.4. The second kappa shape index (κ2) is 7.57. The van der Waals surface area contributed by atoms with E-state index >= 15 is 0 Å². The Morgan fingerprint density at radius 1 is 1.56 bits per heavy atom. The number of amides is 2. The van der Waals surface area contributed by atoms with Gasteiger partial charge in [0.05, 0.1) is 12.5 Å². The van der Waals surface area contributed by atoms with E-state index in [4.69, 9.17) is 11.5 Å². The van der Waals surface area contributed by atoms with Gasteiger partial charge in [-0.05, 0) is 12.8 Å². The van der Waals surface area contributed by atoms with Crippen LogP contribution in [0.15, 0.2) is 0 Å². The molecule has 16 heavy (non-hydrogen) atoms. The number of rotatable bonds is 6. The number of carbonyl (C=O) groups is 2. The van der Waals surface area contributed by atoms with Gasteiger partial charge in [0.2, 0.25) is 0 Å². The fourth-order valence-electron chi connectivity index (χ4n) is 1.07. The van der Waals surface area contributed by atoms with E-state index in [1.165, 1.54) is 4.90 Å². The molecule has 2 N–H and O–H groups in total. The van der Waals surface area contributed by atoms with Crippen LogP contribution in [-0.2, 0) is 4.79 Å². The minimum absolute atomic E-state index is 0.235. The summed E-state index contributed by atoms with van der Waals surface area (Å²) in [6.45, 7) is 2.37. The molecule has 0 aromatic rings. The molecule has 0 aromatic heterocycles. The summed E-state index contributed by atoms with van der Waals surface area (Å²) < 4.78 is 0. The predicted molar refractivity (Wildman–Crippen MR) is 60.9 cm³/mol. The standard InChI is InChI=1S/C11H18N2O3/c1-4-8-13(3)11(16)12-7-5-6-9(2)10(14)15/h1,9H,5-8H2,2-3H3,(H,12,16)(H,14,15). The summed E-state index contributed by atoms with van der Waals surface area (Å²) in [6, 6.07) is -0.235. The zero-order valence-electron chi connectivity index (χ0n) is 9.69. The molecular weight excluding hydrogens is 208 g/mol. The Hall–Kier alpha value is -1.70. The minimum Gasteiger partial charge on any atom is -0.481 e. The average Bonchev–Trinajstić information content (AvgIpc) is 2.23. The van der Waals surface area contributed by atoms with Gasteiger partial charge in [0.25, 0.3) is 0 Å². The predicted octanol–water partition coefficient (Wildman–Crippen LogP) is 0.762. The maximum Gasteiger partial charge on any atom is 0.317 e. The zero-order chi connectivity index (χ0) is 12.6. The summed E-state index contributed by atoms with van der Waals surface area (Å²) in [4.78, 5) is 23.2. The van der Waals surface area contributed by atoms with Gasteiger partial charge >= 0.3 is 12.0 Å². The third-order valence-corrected chi connectivity index (χ3v) is 2.19. The molecule has 0 bridgehead atoms. The van der Waals surface area contributed by atoms with E-state index in [9.17, 15) is 9.59 Å². The van der Waals surface area contributed by atoms with Gasteiger partial charge in [-0.15, -0.1) is 6.42 Å². The summed E-state index contributed by atoms with van der Waals surface area (Å²) in [5, 5.41) is 11.3. The van der Waals surface area contributed by atoms with E-state index in [-0.39, 0.29) is 18.5 Å². The SMILES string of the molecule is C#CCN(C)C(=O)NCCCC(C)C(=O)O. The van der Waals surface area contributed by atoms with Gasteiger partial charge in [0.1, 0.15) is 0 Å². The maximum atomic E-state index is 11.3. The number of terminal acetylenes is 1. The zero-order valence-corrected chi connectivity index (χ0v) is 9.69. The highest BCUT2D eigenvalue weighted by Gasteiger charge is 2.10. The molecule has 0 saturated carbocycles. The monoisotopic (exact) mass is 226 g/mol. The van der Waals surface area contributed by atoms with Crippen molar-refractivity contribution >= 4 is 12.0 Å². The third-order valence-electron chi connectivity index (χ3n) is 2.19. The normalized spacial score (nSPS) is 11.3. The van der Waals surface area contributed by atoms with Crippen molar-refractivity contribution in [2.75, 3.05) is 20.1 Å². The summed E-state index contributed by atoms with van der Waals surface area (Å²) in [5.74, 6) is 1.18. The smallest absolute Gasteiger partial charge is 0.317 e. The second-order valence-corrected chi connectivity index (χ2v) is 3.67. The molecule has 90 valence electrons. The van der Waals surface area contributed by atoms with Crippen LogP contribution in [-0.4, -0.2) is 42.1 Å². The molecule has 2 amide bonds. The summed E-state index contributed by atoms with van der Waals surface area (Å²) in [7, 11) is 1.61. The molecule has 0 aliphatic heterocycles. The fraction of sp³-hybridized carbons (Fsp3) is 0.636. The molecule has 0 aromatic carbocycles. The van der Waals surface area contributed by atoms with Crippen LogP contribution in [0.3, 0.4) is 0 Å². The topological polar surface area (TPSA) is 69.6 Å². The van der Waals surface area contributed by atoms with Gasteiger partial charge in [-0.25, -0.2) is 4.79 Å². The van der Waals surface area contributed by atoms with Crippen LogP contribution >= 0.6 is 0 Å². The lowest BCUT2D eigenvalue weighted by molar-refractivity contribution is -0.141. The number of hydrogen-bond acceptors (Lipinski definition) is 2. The molecule has 0 fully saturated rings. The molecule has 5 nitrogen and oxygen atoms in total. The molecule has 5 heteroatoms. The van der Waals surface area contributed by atoms with Crippen molar-refractivity contribution in [3.05, 3.63) is 0 Å². The first-order valence-electron chi connectivity index (χ1n) is 5.14. The molecule has 1 unspecified atom stereocenters. The molecule has 0 aliphatic rings. The van der Waals surface area contributed by atoms with Gasteiger partial charge in [0, 0.05) is 13.6 Å². The highest BCUT2D eigenvalue weighted by molar-refractivity contribution is 5.74. The highest BCUT2D eigenvalue weighted by Crippen LogP contribution is 2.04.